The van der Waals surface area contributed by atoms with Crippen LogP contribution in [0.3, 0.4) is 0 Å². The molecule has 0 aromatic heterocycles. The lowest BCUT2D eigenvalue weighted by Crippen LogP contribution is -2.43. The SMILES string of the molecule is CN=C(NCCc1ccc(F)cc1)NCCN(C)C(=O)OC(C)(C)C.I. The van der Waals surface area contributed by atoms with Crippen molar-refractivity contribution >= 4 is 36.0 Å². The van der Waals surface area contributed by atoms with Crippen LogP contribution in [0.2, 0.25) is 0 Å². The molecule has 0 atom stereocenters. The van der Waals surface area contributed by atoms with Gasteiger partial charge in [-0.2, -0.15) is 0 Å². The van der Waals surface area contributed by atoms with Crippen LogP contribution in [0.4, 0.5) is 9.18 Å². The van der Waals surface area contributed by atoms with Crippen LogP contribution in [0.1, 0.15) is 26.3 Å². The number of amides is 1. The number of hydrogen-bond acceptors (Lipinski definition) is 3. The molecule has 0 aliphatic carbocycles. The number of carbonyl (C=O) groups is 1. The van der Waals surface area contributed by atoms with Gasteiger partial charge in [-0.1, -0.05) is 12.1 Å². The first-order chi connectivity index (χ1) is 11.7. The molecule has 0 saturated carbocycles. The number of nitrogens with zero attached hydrogens (tertiary/aromatic N) is 2. The van der Waals surface area contributed by atoms with E-state index in [9.17, 15) is 9.18 Å². The van der Waals surface area contributed by atoms with Crippen molar-refractivity contribution in [2.24, 2.45) is 4.99 Å². The Balaban J connectivity index is 0.00000625. The fraction of sp³-hybridized carbons (Fsp3) is 0.556. The molecule has 6 nitrogen and oxygen atoms in total. The second-order valence-corrected chi connectivity index (χ2v) is 6.70. The summed E-state index contributed by atoms with van der Waals surface area (Å²) in [4.78, 5) is 17.5. The maximum Gasteiger partial charge on any atom is 0.410 e. The van der Waals surface area contributed by atoms with Gasteiger partial charge >= 0.3 is 6.09 Å². The molecular weight excluding hydrogens is 450 g/mol. The maximum atomic E-state index is 12.9. The number of ether oxygens (including phenoxy) is 1. The van der Waals surface area contributed by atoms with Crippen molar-refractivity contribution in [3.05, 3.63) is 35.6 Å². The van der Waals surface area contributed by atoms with Crippen LogP contribution < -0.4 is 10.6 Å². The van der Waals surface area contributed by atoms with Gasteiger partial charge in [0, 0.05) is 33.7 Å². The topological polar surface area (TPSA) is 66.0 Å². The van der Waals surface area contributed by atoms with Gasteiger partial charge in [0.1, 0.15) is 11.4 Å². The summed E-state index contributed by atoms with van der Waals surface area (Å²) in [5.74, 6) is 0.419. The summed E-state index contributed by atoms with van der Waals surface area (Å²) in [6.45, 7) is 7.23. The Morgan fingerprint density at radius 3 is 2.31 bits per heavy atom. The van der Waals surface area contributed by atoms with Crippen LogP contribution in [0.15, 0.2) is 29.3 Å². The highest BCUT2D eigenvalue weighted by Gasteiger charge is 2.19. The van der Waals surface area contributed by atoms with Gasteiger partial charge in [-0.3, -0.25) is 4.99 Å². The molecule has 0 aliphatic rings. The lowest BCUT2D eigenvalue weighted by molar-refractivity contribution is 0.0302. The zero-order valence-electron chi connectivity index (χ0n) is 16.1. The molecule has 0 spiro atoms. The second kappa shape index (κ2) is 11.9. The standard InChI is InChI=1S/C18H29FN4O2.HI/c1-18(2,3)25-17(24)23(5)13-12-22-16(20-4)21-11-10-14-6-8-15(19)9-7-14;/h6-9H,10-13H2,1-5H3,(H2,20,21,22);1H. The van der Waals surface area contributed by atoms with Gasteiger partial charge in [-0.05, 0) is 44.9 Å². The number of carbonyl (C=O) groups excluding carboxylic acids is 1. The lowest BCUT2D eigenvalue weighted by Gasteiger charge is -2.24. The van der Waals surface area contributed by atoms with Crippen molar-refractivity contribution in [2.45, 2.75) is 32.8 Å². The third kappa shape index (κ3) is 10.4. The molecule has 0 radical (unpaired) electrons. The largest absolute Gasteiger partial charge is 0.444 e. The van der Waals surface area contributed by atoms with Crippen LogP contribution in [0.5, 0.6) is 0 Å². The molecule has 1 amide bonds. The molecule has 2 N–H and O–H groups in total. The summed E-state index contributed by atoms with van der Waals surface area (Å²) in [6, 6.07) is 6.44. The Hall–Kier alpha value is -1.58. The molecule has 0 aliphatic heterocycles. The number of halogens is 2. The normalized spacial score (nSPS) is 11.4. The molecule has 0 bridgehead atoms. The van der Waals surface area contributed by atoms with Crippen LogP contribution in [0, 0.1) is 5.82 Å². The van der Waals surface area contributed by atoms with E-state index in [2.05, 4.69) is 15.6 Å². The Kier molecular flexibility index (Phi) is 11.2. The molecule has 0 unspecified atom stereocenters. The molecule has 26 heavy (non-hydrogen) atoms. The Bertz CT molecular complexity index is 574. The summed E-state index contributed by atoms with van der Waals surface area (Å²) in [5, 5.41) is 6.33. The first-order valence-corrected chi connectivity index (χ1v) is 8.34. The van der Waals surface area contributed by atoms with E-state index in [4.69, 9.17) is 4.74 Å². The average Bonchev–Trinajstić information content (AvgIpc) is 2.53. The van der Waals surface area contributed by atoms with Crippen molar-refractivity contribution < 1.29 is 13.9 Å². The predicted molar refractivity (Wildman–Crippen MR) is 114 cm³/mol. The summed E-state index contributed by atoms with van der Waals surface area (Å²) in [7, 11) is 3.38. The number of rotatable bonds is 6. The second-order valence-electron chi connectivity index (χ2n) is 6.70. The van der Waals surface area contributed by atoms with Gasteiger partial charge < -0.3 is 20.3 Å². The number of nitrogens with one attached hydrogen (secondary N) is 2. The van der Waals surface area contributed by atoms with Gasteiger partial charge in [0.15, 0.2) is 5.96 Å². The van der Waals surface area contributed by atoms with E-state index < -0.39 is 5.60 Å². The minimum Gasteiger partial charge on any atom is -0.444 e. The maximum absolute atomic E-state index is 12.9. The number of aliphatic imine (C=N–C) groups is 1. The smallest absolute Gasteiger partial charge is 0.410 e. The minimum atomic E-state index is -0.503. The molecule has 8 heteroatoms. The Labute approximate surface area is 172 Å². The first-order valence-electron chi connectivity index (χ1n) is 8.34. The molecule has 1 rings (SSSR count). The molecule has 1 aromatic rings. The molecule has 0 heterocycles. The van der Waals surface area contributed by atoms with Gasteiger partial charge in [0.25, 0.3) is 0 Å². The number of benzene rings is 1. The van der Waals surface area contributed by atoms with Gasteiger partial charge in [-0.25, -0.2) is 9.18 Å². The highest BCUT2D eigenvalue weighted by molar-refractivity contribution is 14.0. The van der Waals surface area contributed by atoms with E-state index in [1.165, 1.54) is 17.0 Å². The first kappa shape index (κ1) is 24.4. The van der Waals surface area contributed by atoms with Crippen molar-refractivity contribution in [1.29, 1.82) is 0 Å². The van der Waals surface area contributed by atoms with Crippen molar-refractivity contribution in [1.82, 2.24) is 15.5 Å². The molecular formula is C18H30FIN4O2. The van der Waals surface area contributed by atoms with Gasteiger partial charge in [0.05, 0.1) is 0 Å². The van der Waals surface area contributed by atoms with Crippen LogP contribution in [-0.4, -0.2) is 56.3 Å². The lowest BCUT2D eigenvalue weighted by atomic mass is 10.1. The van der Waals surface area contributed by atoms with E-state index in [-0.39, 0.29) is 35.9 Å². The average molecular weight is 480 g/mol. The highest BCUT2D eigenvalue weighted by atomic mass is 127. The van der Waals surface area contributed by atoms with E-state index in [0.717, 1.165) is 12.0 Å². The minimum absolute atomic E-state index is 0. The Morgan fingerprint density at radius 1 is 1.19 bits per heavy atom. The van der Waals surface area contributed by atoms with E-state index in [1.54, 1.807) is 26.2 Å². The van der Waals surface area contributed by atoms with E-state index in [0.29, 0.717) is 25.6 Å². The molecule has 0 fully saturated rings. The monoisotopic (exact) mass is 480 g/mol. The molecule has 0 saturated heterocycles. The van der Waals surface area contributed by atoms with Crippen LogP contribution in [0.25, 0.3) is 0 Å². The third-order valence-corrected chi connectivity index (χ3v) is 3.29. The molecule has 1 aromatic carbocycles. The van der Waals surface area contributed by atoms with Crippen molar-refractivity contribution in [3.63, 3.8) is 0 Å². The van der Waals surface area contributed by atoms with E-state index >= 15 is 0 Å². The molecule has 148 valence electrons. The Morgan fingerprint density at radius 2 is 1.77 bits per heavy atom. The zero-order chi connectivity index (χ0) is 18.9. The number of hydrogen-bond donors (Lipinski definition) is 2. The van der Waals surface area contributed by atoms with Crippen LogP contribution in [-0.2, 0) is 11.2 Å². The fourth-order valence-electron chi connectivity index (χ4n) is 1.97. The summed E-state index contributed by atoms with van der Waals surface area (Å²) in [5.41, 5.74) is 0.547. The van der Waals surface area contributed by atoms with Gasteiger partial charge in [-0.15, -0.1) is 24.0 Å². The van der Waals surface area contributed by atoms with Gasteiger partial charge in [0.2, 0.25) is 0 Å². The van der Waals surface area contributed by atoms with Crippen LogP contribution >= 0.6 is 24.0 Å². The number of guanidine groups is 1. The summed E-state index contributed by atoms with van der Waals surface area (Å²) in [6.07, 6.45) is 0.410. The quantitative estimate of drug-likeness (QED) is 0.374. The third-order valence-electron chi connectivity index (χ3n) is 3.29. The summed E-state index contributed by atoms with van der Waals surface area (Å²) >= 11 is 0. The van der Waals surface area contributed by atoms with Crippen molar-refractivity contribution in [2.75, 3.05) is 33.7 Å². The fourth-order valence-corrected chi connectivity index (χ4v) is 1.97. The predicted octanol–water partition coefficient (Wildman–Crippen LogP) is 3.02. The number of likely N-dealkylation sites (N-methyl/N-ethyl adjacent to an activating group) is 1. The zero-order valence-corrected chi connectivity index (χ0v) is 18.5. The van der Waals surface area contributed by atoms with Crippen molar-refractivity contribution in [3.8, 4) is 0 Å². The van der Waals surface area contributed by atoms with E-state index in [1.807, 2.05) is 20.8 Å². The summed E-state index contributed by atoms with van der Waals surface area (Å²) < 4.78 is 18.2. The highest BCUT2D eigenvalue weighted by Crippen LogP contribution is 2.08.